The van der Waals surface area contributed by atoms with Gasteiger partial charge in [-0.25, -0.2) is 0 Å². The van der Waals surface area contributed by atoms with E-state index in [1.165, 1.54) is 33.4 Å². The zero-order valence-electron chi connectivity index (χ0n) is 19.6. The van der Waals surface area contributed by atoms with Crippen LogP contribution in [0.3, 0.4) is 0 Å². The van der Waals surface area contributed by atoms with Gasteiger partial charge in [0.2, 0.25) is 0 Å². The molecule has 0 amide bonds. The highest BCUT2D eigenvalue weighted by Gasteiger charge is 2.29. The Morgan fingerprint density at radius 3 is 1.42 bits per heavy atom. The molecule has 4 rings (SSSR count). The SMILES string of the molecule is CC(C)(C)N[Si]C1C=C(CC2=CC([Si]NC(C)(C)C)c3ccccc32)c2ccccc21. The molecule has 2 aromatic carbocycles. The largest absolute Gasteiger partial charge is 0.334 e. The van der Waals surface area contributed by atoms with Crippen molar-refractivity contribution in [2.45, 2.75) is 70.1 Å². The van der Waals surface area contributed by atoms with Crippen LogP contribution >= 0.6 is 0 Å². The average Bonchev–Trinajstić information content (AvgIpc) is 3.23. The molecule has 2 atom stereocenters. The second-order valence-electron chi connectivity index (χ2n) is 10.7. The van der Waals surface area contributed by atoms with Crippen LogP contribution in [-0.2, 0) is 0 Å². The molecule has 0 saturated carbocycles. The molecule has 0 aliphatic heterocycles. The zero-order valence-corrected chi connectivity index (χ0v) is 21.6. The molecule has 0 saturated heterocycles. The summed E-state index contributed by atoms with van der Waals surface area (Å²) in [7, 11) is 1.40. The first-order chi connectivity index (χ1) is 14.6. The third-order valence-corrected chi connectivity index (χ3v) is 8.97. The maximum Gasteiger partial charge on any atom is 0.152 e. The van der Waals surface area contributed by atoms with Gasteiger partial charge in [-0.3, -0.25) is 0 Å². The van der Waals surface area contributed by atoms with E-state index in [-0.39, 0.29) is 11.1 Å². The lowest BCUT2D eigenvalue weighted by Crippen LogP contribution is -2.40. The third kappa shape index (κ3) is 5.37. The van der Waals surface area contributed by atoms with Gasteiger partial charge in [0, 0.05) is 22.2 Å². The van der Waals surface area contributed by atoms with Crippen LogP contribution in [0.25, 0.3) is 11.1 Å². The zero-order chi connectivity index (χ0) is 22.2. The van der Waals surface area contributed by atoms with E-state index < -0.39 is 0 Å². The molecule has 0 heterocycles. The van der Waals surface area contributed by atoms with Crippen LogP contribution in [0.1, 0.15) is 81.3 Å². The van der Waals surface area contributed by atoms with E-state index in [1.54, 1.807) is 0 Å². The smallest absolute Gasteiger partial charge is 0.152 e. The standard InChI is InChI=1S/C27H34N2Si2/c1-26(2,3)28-30-24-16-18(20-11-7-9-13-22(20)24)15-19-17-25(31-29-27(4,5)6)23-14-10-8-12-21(19)23/h7-14,16-17,24-25,28-29H,15H2,1-6H3. The summed E-state index contributed by atoms with van der Waals surface area (Å²) in [6, 6.07) is 18.0. The molecule has 0 fully saturated rings. The van der Waals surface area contributed by atoms with Crippen LogP contribution in [0.5, 0.6) is 0 Å². The molecular weight excluding hydrogens is 408 g/mol. The number of nitrogens with one attached hydrogen (secondary N) is 2. The van der Waals surface area contributed by atoms with Crippen molar-refractivity contribution in [2.24, 2.45) is 0 Å². The summed E-state index contributed by atoms with van der Waals surface area (Å²) in [5.74, 6) is 0. The van der Waals surface area contributed by atoms with Gasteiger partial charge in [-0.05, 0) is 81.4 Å². The van der Waals surface area contributed by atoms with Gasteiger partial charge >= 0.3 is 0 Å². The predicted octanol–water partition coefficient (Wildman–Crippen LogP) is 5.67. The normalized spacial score (nSPS) is 20.3. The van der Waals surface area contributed by atoms with Crippen LogP contribution in [0, 0.1) is 0 Å². The fraction of sp³-hybridized carbons (Fsp3) is 0.407. The minimum atomic E-state index is 0.144. The van der Waals surface area contributed by atoms with E-state index in [2.05, 4.69) is 112 Å². The maximum atomic E-state index is 3.73. The van der Waals surface area contributed by atoms with Crippen molar-refractivity contribution in [1.29, 1.82) is 0 Å². The molecule has 2 unspecified atom stereocenters. The minimum absolute atomic E-state index is 0.144. The number of hydrogen-bond acceptors (Lipinski definition) is 2. The molecule has 2 nitrogen and oxygen atoms in total. The van der Waals surface area contributed by atoms with Crippen LogP contribution in [-0.4, -0.2) is 30.4 Å². The Morgan fingerprint density at radius 1 is 0.645 bits per heavy atom. The highest BCUT2D eigenvalue weighted by Crippen LogP contribution is 2.44. The van der Waals surface area contributed by atoms with Gasteiger partial charge in [-0.2, -0.15) is 0 Å². The van der Waals surface area contributed by atoms with E-state index in [0.29, 0.717) is 30.4 Å². The van der Waals surface area contributed by atoms with E-state index >= 15 is 0 Å². The molecule has 31 heavy (non-hydrogen) atoms. The Hall–Kier alpha value is -1.73. The number of benzene rings is 2. The monoisotopic (exact) mass is 442 g/mol. The predicted molar refractivity (Wildman–Crippen MR) is 136 cm³/mol. The first kappa shape index (κ1) is 22.5. The number of allylic oxidation sites excluding steroid dienone is 4. The highest BCUT2D eigenvalue weighted by atomic mass is 28.2. The van der Waals surface area contributed by atoms with Crippen molar-refractivity contribution in [3.05, 3.63) is 82.9 Å². The fourth-order valence-electron chi connectivity index (χ4n) is 4.22. The van der Waals surface area contributed by atoms with Gasteiger partial charge in [0.1, 0.15) is 0 Å². The van der Waals surface area contributed by atoms with Crippen molar-refractivity contribution < 1.29 is 0 Å². The Morgan fingerprint density at radius 2 is 1.03 bits per heavy atom. The molecule has 2 aliphatic rings. The van der Waals surface area contributed by atoms with Crippen LogP contribution in [0.4, 0.5) is 0 Å². The lowest BCUT2D eigenvalue weighted by Gasteiger charge is -2.22. The van der Waals surface area contributed by atoms with E-state index in [9.17, 15) is 0 Å². The summed E-state index contributed by atoms with van der Waals surface area (Å²) < 4.78 is 0. The molecule has 2 aliphatic carbocycles. The lowest BCUT2D eigenvalue weighted by atomic mass is 9.96. The number of fused-ring (bicyclic) bond motifs is 2. The van der Waals surface area contributed by atoms with E-state index in [1.807, 2.05) is 0 Å². The van der Waals surface area contributed by atoms with Gasteiger partial charge < -0.3 is 9.96 Å². The van der Waals surface area contributed by atoms with Crippen LogP contribution < -0.4 is 9.96 Å². The summed E-state index contributed by atoms with van der Waals surface area (Å²) in [6.45, 7) is 13.5. The van der Waals surface area contributed by atoms with Crippen molar-refractivity contribution in [3.8, 4) is 0 Å². The third-order valence-electron chi connectivity index (χ3n) is 5.61. The molecule has 2 N–H and O–H groups in total. The molecule has 2 aromatic rings. The first-order valence-corrected chi connectivity index (χ1v) is 13.4. The molecule has 0 aromatic heterocycles. The summed E-state index contributed by atoms with van der Waals surface area (Å²) in [6.07, 6.45) is 6.06. The van der Waals surface area contributed by atoms with Gasteiger partial charge in [-0.15, -0.1) is 0 Å². The number of hydrogen-bond donors (Lipinski definition) is 2. The fourth-order valence-corrected chi connectivity index (χ4v) is 6.78. The van der Waals surface area contributed by atoms with Crippen molar-refractivity contribution >= 4 is 30.5 Å². The van der Waals surface area contributed by atoms with Crippen molar-refractivity contribution in [2.75, 3.05) is 0 Å². The minimum Gasteiger partial charge on any atom is -0.334 e. The van der Waals surface area contributed by atoms with Gasteiger partial charge in [0.05, 0.1) is 0 Å². The average molecular weight is 443 g/mol. The van der Waals surface area contributed by atoms with Gasteiger partial charge in [0.15, 0.2) is 19.4 Å². The topological polar surface area (TPSA) is 24.1 Å². The Kier molecular flexibility index (Phi) is 6.28. The lowest BCUT2D eigenvalue weighted by molar-refractivity contribution is 0.520. The first-order valence-electron chi connectivity index (χ1n) is 11.3. The summed E-state index contributed by atoms with van der Waals surface area (Å²) in [5.41, 5.74) is 10.0. The van der Waals surface area contributed by atoms with E-state index in [4.69, 9.17) is 0 Å². The second kappa shape index (κ2) is 8.66. The summed E-state index contributed by atoms with van der Waals surface area (Å²) in [5, 5.41) is 0. The molecule has 4 heteroatoms. The summed E-state index contributed by atoms with van der Waals surface area (Å²) >= 11 is 0. The van der Waals surface area contributed by atoms with Crippen molar-refractivity contribution in [3.63, 3.8) is 0 Å². The molecule has 160 valence electrons. The van der Waals surface area contributed by atoms with Gasteiger partial charge in [0.25, 0.3) is 0 Å². The molecule has 0 spiro atoms. The van der Waals surface area contributed by atoms with Gasteiger partial charge in [-0.1, -0.05) is 60.7 Å². The van der Waals surface area contributed by atoms with Crippen LogP contribution in [0.2, 0.25) is 0 Å². The van der Waals surface area contributed by atoms with E-state index in [0.717, 1.165) is 6.42 Å². The van der Waals surface area contributed by atoms with Crippen molar-refractivity contribution in [1.82, 2.24) is 9.96 Å². The van der Waals surface area contributed by atoms with Crippen LogP contribution in [0.15, 0.2) is 60.7 Å². The Labute approximate surface area is 193 Å². The molecule has 0 bridgehead atoms. The highest BCUT2D eigenvalue weighted by molar-refractivity contribution is 6.37. The summed E-state index contributed by atoms with van der Waals surface area (Å²) in [4.78, 5) is 7.47. The quantitative estimate of drug-likeness (QED) is 0.563. The second-order valence-corrected chi connectivity index (χ2v) is 13.1. The Balaban J connectivity index is 1.59. The molecule has 4 radical (unpaired) electrons. The number of rotatable bonds is 6. The molecular formula is C27H34N2Si2. The Bertz CT molecular complexity index is 927. The maximum absolute atomic E-state index is 3.73.